The highest BCUT2D eigenvalue weighted by Crippen LogP contribution is 2.24. The maximum atomic E-state index is 12.8. The van der Waals surface area contributed by atoms with Crippen molar-refractivity contribution < 1.29 is 17.1 Å². The van der Waals surface area contributed by atoms with Crippen LogP contribution in [0, 0.1) is 0 Å². The van der Waals surface area contributed by atoms with Gasteiger partial charge in [-0.25, -0.2) is 0 Å². The largest absolute Gasteiger partial charge is 0.332 e. The van der Waals surface area contributed by atoms with Crippen molar-refractivity contribution in [3.63, 3.8) is 0 Å². The van der Waals surface area contributed by atoms with Gasteiger partial charge in [0.25, 0.3) is 0 Å². The van der Waals surface area contributed by atoms with E-state index in [1.54, 1.807) is 0 Å². The topological polar surface area (TPSA) is 51.2 Å². The van der Waals surface area contributed by atoms with Crippen LogP contribution in [-0.4, -0.2) is 14.7 Å². The SMILES string of the molecule is C=CC(C=O)c1ccccc1S(=O)(=O)F. The van der Waals surface area contributed by atoms with E-state index in [1.165, 1.54) is 24.3 Å². The molecule has 0 fully saturated rings. The quantitative estimate of drug-likeness (QED) is 0.448. The molecule has 0 heterocycles. The average Bonchev–Trinajstić information content (AvgIpc) is 2.19. The van der Waals surface area contributed by atoms with Crippen LogP contribution in [0.25, 0.3) is 0 Å². The Balaban J connectivity index is 3.42. The number of aldehydes is 1. The standard InChI is InChI=1S/C10H9FO3S/c1-2-8(7-12)9-5-3-4-6-10(9)15(11,13)14/h2-8H,1H2. The molecule has 0 saturated heterocycles. The van der Waals surface area contributed by atoms with Gasteiger partial charge in [0.2, 0.25) is 0 Å². The van der Waals surface area contributed by atoms with Gasteiger partial charge in [0.1, 0.15) is 11.2 Å². The number of rotatable bonds is 4. The van der Waals surface area contributed by atoms with E-state index in [1.807, 2.05) is 0 Å². The molecule has 5 heteroatoms. The third kappa shape index (κ3) is 2.50. The summed E-state index contributed by atoms with van der Waals surface area (Å²) in [4.78, 5) is 10.1. The van der Waals surface area contributed by atoms with Crippen molar-refractivity contribution in [3.05, 3.63) is 42.5 Å². The summed E-state index contributed by atoms with van der Waals surface area (Å²) in [6.07, 6.45) is 1.77. The molecule has 0 saturated carbocycles. The summed E-state index contributed by atoms with van der Waals surface area (Å²) >= 11 is 0. The van der Waals surface area contributed by atoms with Gasteiger partial charge in [0.15, 0.2) is 0 Å². The lowest BCUT2D eigenvalue weighted by molar-refractivity contribution is -0.108. The molecule has 0 aliphatic rings. The van der Waals surface area contributed by atoms with Crippen LogP contribution in [-0.2, 0) is 15.0 Å². The Hall–Kier alpha value is -1.49. The molecule has 0 aliphatic heterocycles. The molecule has 15 heavy (non-hydrogen) atoms. The molecule has 0 aromatic heterocycles. The number of benzene rings is 1. The van der Waals surface area contributed by atoms with Gasteiger partial charge in [0, 0.05) is 0 Å². The normalized spacial score (nSPS) is 13.1. The lowest BCUT2D eigenvalue weighted by atomic mass is 10.0. The van der Waals surface area contributed by atoms with Gasteiger partial charge in [-0.05, 0) is 11.6 Å². The molecule has 0 spiro atoms. The summed E-state index contributed by atoms with van der Waals surface area (Å²) in [7, 11) is -4.81. The number of hydrogen-bond acceptors (Lipinski definition) is 3. The molecule has 1 aromatic rings. The van der Waals surface area contributed by atoms with E-state index in [0.29, 0.717) is 6.29 Å². The zero-order valence-electron chi connectivity index (χ0n) is 7.76. The third-order valence-electron chi connectivity index (χ3n) is 1.94. The fourth-order valence-electron chi connectivity index (χ4n) is 1.23. The molecule has 80 valence electrons. The minimum Gasteiger partial charge on any atom is -0.302 e. The van der Waals surface area contributed by atoms with Crippen LogP contribution in [0.15, 0.2) is 41.8 Å². The molecule has 0 radical (unpaired) electrons. The Morgan fingerprint density at radius 3 is 2.40 bits per heavy atom. The molecule has 1 unspecified atom stereocenters. The van der Waals surface area contributed by atoms with Crippen LogP contribution >= 0.6 is 0 Å². The van der Waals surface area contributed by atoms with Crippen molar-refractivity contribution in [1.82, 2.24) is 0 Å². The first-order valence-electron chi connectivity index (χ1n) is 4.12. The molecule has 0 aliphatic carbocycles. The Morgan fingerprint density at radius 2 is 1.93 bits per heavy atom. The van der Waals surface area contributed by atoms with E-state index in [0.717, 1.165) is 6.07 Å². The fraction of sp³-hybridized carbons (Fsp3) is 0.100. The summed E-state index contributed by atoms with van der Waals surface area (Å²) < 4.78 is 34.4. The zero-order chi connectivity index (χ0) is 11.5. The summed E-state index contributed by atoms with van der Waals surface area (Å²) in [5.74, 6) is -0.813. The first-order valence-corrected chi connectivity index (χ1v) is 5.50. The van der Waals surface area contributed by atoms with E-state index in [-0.39, 0.29) is 5.56 Å². The third-order valence-corrected chi connectivity index (χ3v) is 2.84. The number of hydrogen-bond donors (Lipinski definition) is 0. The van der Waals surface area contributed by atoms with Crippen molar-refractivity contribution in [1.29, 1.82) is 0 Å². The molecular weight excluding hydrogens is 219 g/mol. The Kier molecular flexibility index (Phi) is 3.36. The monoisotopic (exact) mass is 228 g/mol. The van der Waals surface area contributed by atoms with Crippen LogP contribution in [0.4, 0.5) is 3.89 Å². The summed E-state index contributed by atoms with van der Waals surface area (Å²) in [6, 6.07) is 5.42. The van der Waals surface area contributed by atoms with E-state index < -0.39 is 21.0 Å². The predicted molar refractivity (Wildman–Crippen MR) is 53.7 cm³/mol. The fourth-order valence-corrected chi connectivity index (χ4v) is 1.96. The highest BCUT2D eigenvalue weighted by Gasteiger charge is 2.20. The number of carbonyl (C=O) groups is 1. The molecule has 0 amide bonds. The Labute approximate surface area is 87.4 Å². The van der Waals surface area contributed by atoms with Gasteiger partial charge in [0.05, 0.1) is 5.92 Å². The van der Waals surface area contributed by atoms with Crippen LogP contribution in [0.2, 0.25) is 0 Å². The van der Waals surface area contributed by atoms with Gasteiger partial charge in [-0.2, -0.15) is 8.42 Å². The second-order valence-corrected chi connectivity index (χ2v) is 4.19. The smallest absolute Gasteiger partial charge is 0.302 e. The molecule has 0 bridgehead atoms. The van der Waals surface area contributed by atoms with E-state index >= 15 is 0 Å². The van der Waals surface area contributed by atoms with Crippen molar-refractivity contribution in [2.45, 2.75) is 10.8 Å². The van der Waals surface area contributed by atoms with Gasteiger partial charge in [-0.15, -0.1) is 10.5 Å². The lowest BCUT2D eigenvalue weighted by Crippen LogP contribution is -2.04. The van der Waals surface area contributed by atoms with Crippen LogP contribution in [0.3, 0.4) is 0 Å². The average molecular weight is 228 g/mol. The lowest BCUT2D eigenvalue weighted by Gasteiger charge is -2.08. The second kappa shape index (κ2) is 4.35. The van der Waals surface area contributed by atoms with E-state index in [9.17, 15) is 17.1 Å². The summed E-state index contributed by atoms with van der Waals surface area (Å²) in [5.41, 5.74) is 0.102. The minimum atomic E-state index is -4.81. The summed E-state index contributed by atoms with van der Waals surface area (Å²) in [6.45, 7) is 3.38. The maximum Gasteiger partial charge on any atom is 0.332 e. The van der Waals surface area contributed by atoms with Crippen LogP contribution < -0.4 is 0 Å². The Morgan fingerprint density at radius 1 is 1.33 bits per heavy atom. The molecular formula is C10H9FO3S. The number of halogens is 1. The van der Waals surface area contributed by atoms with Crippen LogP contribution in [0.1, 0.15) is 11.5 Å². The second-order valence-electron chi connectivity index (χ2n) is 2.87. The first-order chi connectivity index (χ1) is 7.00. The number of carbonyl (C=O) groups excluding carboxylic acids is 1. The molecule has 1 atom stereocenters. The number of allylic oxidation sites excluding steroid dienone is 1. The van der Waals surface area contributed by atoms with Crippen molar-refractivity contribution in [3.8, 4) is 0 Å². The molecule has 0 N–H and O–H groups in total. The predicted octanol–water partition coefficient (Wildman–Crippen LogP) is 1.81. The van der Waals surface area contributed by atoms with Gasteiger partial charge in [-0.3, -0.25) is 0 Å². The maximum absolute atomic E-state index is 12.8. The molecule has 1 aromatic carbocycles. The zero-order valence-corrected chi connectivity index (χ0v) is 8.58. The van der Waals surface area contributed by atoms with Gasteiger partial charge < -0.3 is 4.79 Å². The Bertz CT molecular complexity index is 471. The molecule has 1 rings (SSSR count). The first kappa shape index (κ1) is 11.6. The van der Waals surface area contributed by atoms with E-state index in [4.69, 9.17) is 0 Å². The van der Waals surface area contributed by atoms with Gasteiger partial charge in [-0.1, -0.05) is 24.3 Å². The van der Waals surface area contributed by atoms with Gasteiger partial charge >= 0.3 is 10.2 Å². The van der Waals surface area contributed by atoms with Crippen LogP contribution in [0.5, 0.6) is 0 Å². The minimum absolute atomic E-state index is 0.102. The van der Waals surface area contributed by atoms with Crippen molar-refractivity contribution in [2.75, 3.05) is 0 Å². The summed E-state index contributed by atoms with van der Waals surface area (Å²) in [5, 5.41) is 0. The molecule has 3 nitrogen and oxygen atoms in total. The van der Waals surface area contributed by atoms with Crippen molar-refractivity contribution >= 4 is 16.5 Å². The highest BCUT2D eigenvalue weighted by atomic mass is 32.3. The highest BCUT2D eigenvalue weighted by molar-refractivity contribution is 7.86. The van der Waals surface area contributed by atoms with Crippen molar-refractivity contribution in [2.24, 2.45) is 0 Å². The van der Waals surface area contributed by atoms with E-state index in [2.05, 4.69) is 6.58 Å².